The van der Waals surface area contributed by atoms with Crippen molar-refractivity contribution in [1.29, 1.82) is 0 Å². The summed E-state index contributed by atoms with van der Waals surface area (Å²) in [6.07, 6.45) is 5.01. The van der Waals surface area contributed by atoms with Crippen LogP contribution in [0.3, 0.4) is 0 Å². The maximum Gasteiger partial charge on any atom is 0.201 e. The van der Waals surface area contributed by atoms with Gasteiger partial charge in [-0.15, -0.1) is 0 Å². The van der Waals surface area contributed by atoms with Crippen LogP contribution in [0.2, 0.25) is 16.6 Å². The zero-order valence-electron chi connectivity index (χ0n) is 22.0. The number of rotatable bonds is 14. The Kier molecular flexibility index (Phi) is 11.7. The number of aliphatic hydroxyl groups excluding tert-OH is 2. The van der Waals surface area contributed by atoms with Crippen molar-refractivity contribution < 1.29 is 14.6 Å². The first-order valence-electron chi connectivity index (χ1n) is 13.0. The SMILES string of the molecule is CC(C)[Si](O[C@H](/C=C\[C@H](O)[C@H](O)CCc1ccccc1)CCc1ccccc1)(C(C)C)C(C)C. The van der Waals surface area contributed by atoms with Gasteiger partial charge in [0.1, 0.15) is 0 Å². The lowest BCUT2D eigenvalue weighted by Gasteiger charge is -2.44. The Morgan fingerprint density at radius 1 is 0.676 bits per heavy atom. The van der Waals surface area contributed by atoms with E-state index in [1.807, 2.05) is 30.3 Å². The van der Waals surface area contributed by atoms with Crippen LogP contribution in [0.5, 0.6) is 0 Å². The van der Waals surface area contributed by atoms with E-state index >= 15 is 0 Å². The van der Waals surface area contributed by atoms with Crippen molar-refractivity contribution >= 4 is 8.32 Å². The fourth-order valence-electron chi connectivity index (χ4n) is 5.31. The molecule has 0 saturated heterocycles. The summed E-state index contributed by atoms with van der Waals surface area (Å²) in [5, 5.41) is 21.2. The first-order valence-corrected chi connectivity index (χ1v) is 15.1. The van der Waals surface area contributed by atoms with E-state index < -0.39 is 20.5 Å². The molecule has 34 heavy (non-hydrogen) atoms. The number of benzene rings is 2. The summed E-state index contributed by atoms with van der Waals surface area (Å²) in [7, 11) is -2.08. The molecule has 3 atom stereocenters. The Balaban J connectivity index is 2.14. The van der Waals surface area contributed by atoms with E-state index in [0.29, 0.717) is 23.0 Å². The molecule has 0 spiro atoms. The van der Waals surface area contributed by atoms with Crippen molar-refractivity contribution in [2.75, 3.05) is 0 Å². The molecule has 0 unspecified atom stereocenters. The van der Waals surface area contributed by atoms with Crippen molar-refractivity contribution in [2.45, 2.75) is 102 Å². The van der Waals surface area contributed by atoms with Crippen molar-refractivity contribution in [2.24, 2.45) is 0 Å². The summed E-state index contributed by atoms with van der Waals surface area (Å²) in [4.78, 5) is 0. The van der Waals surface area contributed by atoms with Gasteiger partial charge in [0.05, 0.1) is 18.3 Å². The zero-order chi connectivity index (χ0) is 25.1. The van der Waals surface area contributed by atoms with E-state index in [4.69, 9.17) is 4.43 Å². The maximum absolute atomic E-state index is 10.7. The van der Waals surface area contributed by atoms with E-state index in [1.54, 1.807) is 6.08 Å². The van der Waals surface area contributed by atoms with Crippen LogP contribution in [0.15, 0.2) is 72.8 Å². The highest BCUT2D eigenvalue weighted by Gasteiger charge is 2.46. The lowest BCUT2D eigenvalue weighted by atomic mass is 10.0. The van der Waals surface area contributed by atoms with Gasteiger partial charge in [0.25, 0.3) is 0 Å². The predicted octanol–water partition coefficient (Wildman–Crippen LogP) is 7.09. The summed E-state index contributed by atoms with van der Waals surface area (Å²) < 4.78 is 7.06. The third-order valence-electron chi connectivity index (χ3n) is 7.11. The van der Waals surface area contributed by atoms with Crippen molar-refractivity contribution in [3.63, 3.8) is 0 Å². The molecule has 188 valence electrons. The second-order valence-corrected chi connectivity index (χ2v) is 15.9. The highest BCUT2D eigenvalue weighted by atomic mass is 28.4. The van der Waals surface area contributed by atoms with Crippen LogP contribution in [0, 0.1) is 0 Å². The van der Waals surface area contributed by atoms with Crippen LogP contribution in [-0.4, -0.2) is 36.8 Å². The zero-order valence-corrected chi connectivity index (χ0v) is 23.0. The fraction of sp³-hybridized carbons (Fsp3) is 0.533. The molecule has 0 fully saturated rings. The van der Waals surface area contributed by atoms with Crippen molar-refractivity contribution in [3.8, 4) is 0 Å². The predicted molar refractivity (Wildman–Crippen MR) is 147 cm³/mol. The first-order chi connectivity index (χ1) is 16.2. The van der Waals surface area contributed by atoms with Crippen molar-refractivity contribution in [1.82, 2.24) is 0 Å². The van der Waals surface area contributed by atoms with Crippen molar-refractivity contribution in [3.05, 3.63) is 83.9 Å². The molecule has 0 amide bonds. The summed E-state index contributed by atoms with van der Waals surface area (Å²) in [6.45, 7) is 13.8. The van der Waals surface area contributed by atoms with Crippen LogP contribution in [0.1, 0.15) is 65.5 Å². The summed E-state index contributed by atoms with van der Waals surface area (Å²) in [5.74, 6) is 0. The Morgan fingerprint density at radius 3 is 1.56 bits per heavy atom. The molecule has 2 N–H and O–H groups in total. The molecule has 0 aromatic heterocycles. The Hall–Kier alpha value is -1.72. The Bertz CT molecular complexity index is 811. The van der Waals surface area contributed by atoms with Crippen LogP contribution in [-0.2, 0) is 17.3 Å². The summed E-state index contributed by atoms with van der Waals surface area (Å²) >= 11 is 0. The van der Waals surface area contributed by atoms with Crippen LogP contribution in [0.4, 0.5) is 0 Å². The average Bonchev–Trinajstić information content (AvgIpc) is 2.82. The van der Waals surface area contributed by atoms with E-state index in [2.05, 4.69) is 77.9 Å². The lowest BCUT2D eigenvalue weighted by molar-refractivity contribution is 0.0427. The molecule has 0 radical (unpaired) electrons. The van der Waals surface area contributed by atoms with Gasteiger partial charge in [-0.2, -0.15) is 0 Å². The summed E-state index contributed by atoms with van der Waals surface area (Å²) in [5.41, 5.74) is 3.92. The first kappa shape index (κ1) is 28.5. The quantitative estimate of drug-likeness (QED) is 0.223. The van der Waals surface area contributed by atoms with Gasteiger partial charge in [0.15, 0.2) is 0 Å². The molecule has 0 aliphatic heterocycles. The third-order valence-corrected chi connectivity index (χ3v) is 13.2. The highest BCUT2D eigenvalue weighted by molar-refractivity contribution is 6.77. The molecule has 0 aliphatic rings. The Morgan fingerprint density at radius 2 is 1.12 bits per heavy atom. The second kappa shape index (κ2) is 14.0. The van der Waals surface area contributed by atoms with Crippen LogP contribution in [0.25, 0.3) is 0 Å². The monoisotopic (exact) mass is 482 g/mol. The maximum atomic E-state index is 10.7. The average molecular weight is 483 g/mol. The van der Waals surface area contributed by atoms with Gasteiger partial charge in [0.2, 0.25) is 8.32 Å². The van der Waals surface area contributed by atoms with Gasteiger partial charge in [-0.1, -0.05) is 114 Å². The van der Waals surface area contributed by atoms with Gasteiger partial charge < -0.3 is 14.6 Å². The number of aliphatic hydroxyl groups is 2. The minimum Gasteiger partial charge on any atom is -0.410 e. The van der Waals surface area contributed by atoms with E-state index in [0.717, 1.165) is 19.3 Å². The van der Waals surface area contributed by atoms with Gasteiger partial charge >= 0.3 is 0 Å². The fourth-order valence-corrected chi connectivity index (χ4v) is 10.9. The molecule has 3 nitrogen and oxygen atoms in total. The van der Waals surface area contributed by atoms with Gasteiger partial charge in [-0.25, -0.2) is 0 Å². The van der Waals surface area contributed by atoms with E-state index in [9.17, 15) is 10.2 Å². The number of aryl methyl sites for hydroxylation is 2. The van der Waals surface area contributed by atoms with Crippen LogP contribution < -0.4 is 0 Å². The molecule has 0 aliphatic carbocycles. The van der Waals surface area contributed by atoms with Gasteiger partial charge in [-0.3, -0.25) is 0 Å². The van der Waals surface area contributed by atoms with Crippen LogP contribution >= 0.6 is 0 Å². The smallest absolute Gasteiger partial charge is 0.201 e. The number of hydrogen-bond donors (Lipinski definition) is 2. The normalized spacial score (nSPS) is 15.4. The minimum atomic E-state index is -2.08. The molecule has 4 heteroatoms. The molecule has 0 bridgehead atoms. The minimum absolute atomic E-state index is 0.0879. The van der Waals surface area contributed by atoms with E-state index in [-0.39, 0.29) is 6.10 Å². The molecular formula is C30H46O3Si. The standard InChI is InChI=1S/C30H46O3Si/c1-23(2)34(24(3)4,25(5)6)33-28(19-17-26-13-9-7-10-14-26)20-22-30(32)29(31)21-18-27-15-11-8-12-16-27/h7-16,20,22-25,28-32H,17-19,21H2,1-6H3/b22-20-/t28-,29+,30-/m0/s1. The molecular weight excluding hydrogens is 436 g/mol. The number of hydrogen-bond acceptors (Lipinski definition) is 3. The summed E-state index contributed by atoms with van der Waals surface area (Å²) in [6, 6.07) is 20.6. The molecule has 2 rings (SSSR count). The molecule has 2 aromatic rings. The Labute approximate surface area is 209 Å². The molecule has 2 aromatic carbocycles. The largest absolute Gasteiger partial charge is 0.410 e. The third kappa shape index (κ3) is 8.19. The lowest BCUT2D eigenvalue weighted by Crippen LogP contribution is -2.50. The topological polar surface area (TPSA) is 49.7 Å². The molecule has 0 heterocycles. The highest BCUT2D eigenvalue weighted by Crippen LogP contribution is 2.43. The van der Waals surface area contributed by atoms with Gasteiger partial charge in [-0.05, 0) is 53.4 Å². The van der Waals surface area contributed by atoms with E-state index in [1.165, 1.54) is 11.1 Å². The second-order valence-electron chi connectivity index (χ2n) is 10.5. The van der Waals surface area contributed by atoms with Gasteiger partial charge in [0, 0.05) is 0 Å². The molecule has 0 saturated carbocycles.